The van der Waals surface area contributed by atoms with Crippen molar-refractivity contribution in [1.29, 1.82) is 0 Å². The summed E-state index contributed by atoms with van der Waals surface area (Å²) in [4.78, 5) is 36.4. The Kier molecular flexibility index (Phi) is 8.29. The zero-order chi connectivity index (χ0) is 23.0. The second-order valence-electron chi connectivity index (χ2n) is 6.62. The molecule has 2 aromatic rings. The zero-order valence-corrected chi connectivity index (χ0v) is 18.5. The number of amides is 3. The van der Waals surface area contributed by atoms with Gasteiger partial charge in [0, 0.05) is 24.2 Å². The molecule has 0 fully saturated rings. The van der Waals surface area contributed by atoms with Gasteiger partial charge in [0.05, 0.1) is 11.4 Å². The van der Waals surface area contributed by atoms with Gasteiger partial charge in [0.25, 0.3) is 17.7 Å². The molecule has 0 aliphatic carbocycles. The van der Waals surface area contributed by atoms with Crippen LogP contribution in [0, 0.1) is 6.92 Å². The van der Waals surface area contributed by atoms with E-state index < -0.39 is 34.3 Å². The molecule has 3 N–H and O–H groups in total. The molecule has 2 aromatic carbocycles. The fourth-order valence-electron chi connectivity index (χ4n) is 2.84. The maximum absolute atomic E-state index is 12.6. The van der Waals surface area contributed by atoms with Crippen LogP contribution in [0.5, 0.6) is 0 Å². The van der Waals surface area contributed by atoms with E-state index in [2.05, 4.69) is 16.2 Å². The minimum atomic E-state index is -3.71. The minimum Gasteiger partial charge on any atom is -0.343 e. The monoisotopic (exact) mass is 446 g/mol. The quantitative estimate of drug-likeness (QED) is 0.526. The van der Waals surface area contributed by atoms with E-state index in [1.807, 2.05) is 0 Å². The Morgan fingerprint density at radius 1 is 0.903 bits per heavy atom. The van der Waals surface area contributed by atoms with E-state index in [0.717, 1.165) is 5.56 Å². The molecule has 0 aromatic heterocycles. The molecular formula is C21H26N4O5S. The Balaban J connectivity index is 1.95. The Morgan fingerprint density at radius 3 is 2.23 bits per heavy atom. The predicted octanol–water partition coefficient (Wildman–Crippen LogP) is 1.22. The summed E-state index contributed by atoms with van der Waals surface area (Å²) in [6, 6.07) is 12.5. The number of hydrogen-bond acceptors (Lipinski definition) is 5. The predicted molar refractivity (Wildman–Crippen MR) is 116 cm³/mol. The molecule has 0 saturated heterocycles. The van der Waals surface area contributed by atoms with Gasteiger partial charge in [0.2, 0.25) is 10.0 Å². The van der Waals surface area contributed by atoms with Crippen LogP contribution in [0.15, 0.2) is 53.4 Å². The van der Waals surface area contributed by atoms with Gasteiger partial charge in [0.1, 0.15) is 0 Å². The molecule has 0 unspecified atom stereocenters. The highest BCUT2D eigenvalue weighted by Gasteiger charge is 2.22. The van der Waals surface area contributed by atoms with E-state index in [1.165, 1.54) is 28.6 Å². The zero-order valence-electron chi connectivity index (χ0n) is 17.6. The second kappa shape index (κ2) is 10.7. The third-order valence-corrected chi connectivity index (χ3v) is 6.60. The van der Waals surface area contributed by atoms with E-state index in [-0.39, 0.29) is 10.5 Å². The molecule has 0 aliphatic rings. The average Bonchev–Trinajstić information content (AvgIpc) is 2.76. The van der Waals surface area contributed by atoms with Crippen LogP contribution in [0.2, 0.25) is 0 Å². The summed E-state index contributed by atoms with van der Waals surface area (Å²) in [6.07, 6.45) is 0. The highest BCUT2D eigenvalue weighted by Crippen LogP contribution is 2.17. The van der Waals surface area contributed by atoms with Crippen LogP contribution in [0.1, 0.15) is 40.1 Å². The Labute approximate surface area is 181 Å². The largest absolute Gasteiger partial charge is 0.343 e. The summed E-state index contributed by atoms with van der Waals surface area (Å²) in [7, 11) is -3.71. The number of nitrogens with zero attached hydrogens (tertiary/aromatic N) is 1. The van der Waals surface area contributed by atoms with Crippen LogP contribution in [-0.4, -0.2) is 50.1 Å². The summed E-state index contributed by atoms with van der Waals surface area (Å²) in [5, 5.41) is 2.40. The van der Waals surface area contributed by atoms with Crippen LogP contribution in [-0.2, 0) is 14.8 Å². The van der Waals surface area contributed by atoms with Gasteiger partial charge in [-0.3, -0.25) is 25.2 Å². The van der Waals surface area contributed by atoms with Gasteiger partial charge in [0.15, 0.2) is 0 Å². The number of carbonyl (C=O) groups is 3. The maximum Gasteiger partial charge on any atom is 0.269 e. The van der Waals surface area contributed by atoms with Crippen molar-refractivity contribution < 1.29 is 22.8 Å². The first-order valence-corrected chi connectivity index (χ1v) is 11.2. The van der Waals surface area contributed by atoms with Gasteiger partial charge in [-0.25, -0.2) is 8.42 Å². The number of aryl methyl sites for hydroxylation is 1. The Hall–Kier alpha value is -3.24. The lowest BCUT2D eigenvalue weighted by atomic mass is 10.1. The van der Waals surface area contributed by atoms with Crippen molar-refractivity contribution >= 4 is 27.7 Å². The first kappa shape index (κ1) is 24.0. The topological polar surface area (TPSA) is 125 Å². The van der Waals surface area contributed by atoms with Crippen molar-refractivity contribution in [2.24, 2.45) is 0 Å². The third kappa shape index (κ3) is 6.12. The smallest absolute Gasteiger partial charge is 0.269 e. The number of hydrogen-bond donors (Lipinski definition) is 3. The molecule has 31 heavy (non-hydrogen) atoms. The normalized spacial score (nSPS) is 11.1. The van der Waals surface area contributed by atoms with Gasteiger partial charge in [-0.05, 0) is 36.8 Å². The molecule has 0 atom stereocenters. The van der Waals surface area contributed by atoms with Crippen LogP contribution in [0.25, 0.3) is 0 Å². The van der Waals surface area contributed by atoms with Crippen LogP contribution < -0.4 is 16.2 Å². The molecule has 10 heteroatoms. The lowest BCUT2D eigenvalue weighted by Crippen LogP contribution is -2.46. The molecule has 2 rings (SSSR count). The van der Waals surface area contributed by atoms with Crippen molar-refractivity contribution in [3.63, 3.8) is 0 Å². The standard InChI is InChI=1S/C21H26N4O5S/c1-4-25(5-2)31(29,30)17-11-8-10-16(13-17)20(27)22-14-19(26)23-24-21(28)18-12-7-6-9-15(18)3/h6-13H,4-5,14H2,1-3H3,(H,22,27)(H,23,26)(H,24,28). The van der Waals surface area contributed by atoms with Gasteiger partial charge in [-0.1, -0.05) is 38.1 Å². The Bertz CT molecular complexity index is 1060. The summed E-state index contributed by atoms with van der Waals surface area (Å²) in [6.45, 7) is 5.45. The van der Waals surface area contributed by atoms with Crippen molar-refractivity contribution in [2.45, 2.75) is 25.7 Å². The van der Waals surface area contributed by atoms with Gasteiger partial charge in [-0.2, -0.15) is 4.31 Å². The highest BCUT2D eigenvalue weighted by molar-refractivity contribution is 7.89. The van der Waals surface area contributed by atoms with Crippen LogP contribution >= 0.6 is 0 Å². The molecule has 0 spiro atoms. The molecule has 0 radical (unpaired) electrons. The number of benzene rings is 2. The average molecular weight is 447 g/mol. The van der Waals surface area contributed by atoms with Crippen molar-refractivity contribution in [3.05, 3.63) is 65.2 Å². The van der Waals surface area contributed by atoms with Crippen molar-refractivity contribution in [2.75, 3.05) is 19.6 Å². The fraction of sp³-hybridized carbons (Fsp3) is 0.286. The van der Waals surface area contributed by atoms with Crippen molar-refractivity contribution in [3.8, 4) is 0 Å². The Morgan fingerprint density at radius 2 is 1.58 bits per heavy atom. The SMILES string of the molecule is CCN(CC)S(=O)(=O)c1cccc(C(=O)NCC(=O)NNC(=O)c2ccccc2C)c1. The number of nitrogens with one attached hydrogen (secondary N) is 3. The summed E-state index contributed by atoms with van der Waals surface area (Å²) in [5.74, 6) is -1.73. The lowest BCUT2D eigenvalue weighted by molar-refractivity contribution is -0.120. The molecular weight excluding hydrogens is 420 g/mol. The van der Waals surface area contributed by atoms with Gasteiger partial charge < -0.3 is 5.32 Å². The first-order valence-electron chi connectivity index (χ1n) is 9.73. The summed E-state index contributed by atoms with van der Waals surface area (Å²) < 4.78 is 26.5. The fourth-order valence-corrected chi connectivity index (χ4v) is 4.34. The molecule has 0 heterocycles. The molecule has 3 amide bonds. The van der Waals surface area contributed by atoms with E-state index >= 15 is 0 Å². The van der Waals surface area contributed by atoms with E-state index in [0.29, 0.717) is 18.7 Å². The van der Waals surface area contributed by atoms with E-state index in [1.54, 1.807) is 45.0 Å². The lowest BCUT2D eigenvalue weighted by Gasteiger charge is -2.18. The first-order chi connectivity index (χ1) is 14.7. The maximum atomic E-state index is 12.6. The summed E-state index contributed by atoms with van der Waals surface area (Å²) >= 11 is 0. The molecule has 0 bridgehead atoms. The number of hydrazine groups is 1. The van der Waals surface area contributed by atoms with Crippen LogP contribution in [0.3, 0.4) is 0 Å². The number of carbonyl (C=O) groups excluding carboxylic acids is 3. The number of sulfonamides is 1. The van der Waals surface area contributed by atoms with Crippen LogP contribution in [0.4, 0.5) is 0 Å². The second-order valence-corrected chi connectivity index (χ2v) is 8.55. The highest BCUT2D eigenvalue weighted by atomic mass is 32.2. The van der Waals surface area contributed by atoms with E-state index in [4.69, 9.17) is 0 Å². The number of rotatable bonds is 8. The summed E-state index contributed by atoms with van der Waals surface area (Å²) in [5.41, 5.74) is 5.78. The van der Waals surface area contributed by atoms with E-state index in [9.17, 15) is 22.8 Å². The molecule has 9 nitrogen and oxygen atoms in total. The van der Waals surface area contributed by atoms with Crippen molar-refractivity contribution in [1.82, 2.24) is 20.5 Å². The molecule has 0 aliphatic heterocycles. The third-order valence-electron chi connectivity index (χ3n) is 4.55. The molecule has 166 valence electrons. The van der Waals surface area contributed by atoms with Gasteiger partial charge >= 0.3 is 0 Å². The minimum absolute atomic E-state index is 0.00111. The molecule has 0 saturated carbocycles. The van der Waals surface area contributed by atoms with Gasteiger partial charge in [-0.15, -0.1) is 0 Å².